The van der Waals surface area contributed by atoms with Gasteiger partial charge in [-0.25, -0.2) is 8.42 Å². The molecule has 0 unspecified atom stereocenters. The number of piperidine rings is 1. The van der Waals surface area contributed by atoms with Crippen LogP contribution >= 0.6 is 11.6 Å². The van der Waals surface area contributed by atoms with Crippen molar-refractivity contribution >= 4 is 21.6 Å². The number of rotatable bonds is 4. The first kappa shape index (κ1) is 17.8. The molecule has 2 bridgehead atoms. The highest BCUT2D eigenvalue weighted by atomic mass is 35.5. The summed E-state index contributed by atoms with van der Waals surface area (Å²) in [5, 5.41) is 7.52. The van der Waals surface area contributed by atoms with Gasteiger partial charge in [0.25, 0.3) is 0 Å². The highest BCUT2D eigenvalue weighted by Crippen LogP contribution is 2.41. The molecule has 0 spiro atoms. The maximum Gasteiger partial charge on any atom is 0.247 e. The van der Waals surface area contributed by atoms with Crippen LogP contribution in [0.2, 0.25) is 5.02 Å². The van der Waals surface area contributed by atoms with Gasteiger partial charge in [0.05, 0.1) is 11.4 Å². The number of nitrogens with one attached hydrogen (secondary N) is 1. The molecule has 4 rings (SSSR count). The van der Waals surface area contributed by atoms with Crippen LogP contribution in [0.4, 0.5) is 0 Å². The molecule has 2 aliphatic rings. The largest absolute Gasteiger partial charge is 0.490 e. The third kappa shape index (κ3) is 3.02. The monoisotopic (exact) mass is 395 g/mol. The van der Waals surface area contributed by atoms with E-state index in [0.717, 1.165) is 18.6 Å². The number of aromatic nitrogens is 2. The average molecular weight is 396 g/mol. The van der Waals surface area contributed by atoms with Crippen LogP contribution in [-0.4, -0.2) is 41.1 Å². The zero-order valence-electron chi connectivity index (χ0n) is 14.8. The standard InChI is InChI=1S/C18H22ClN3O3S/c1-11-18(12(2)21-20-11)26(23,24)22-14-5-6-15(22)10-17(9-14)25-16-7-3-13(19)4-8-16/h3-4,7-8,14-15,17H,5-6,9-10H2,1-2H3,(H,20,21)/t14-,15+,17+. The maximum absolute atomic E-state index is 13.3. The third-order valence-corrected chi connectivity index (χ3v) is 7.86. The van der Waals surface area contributed by atoms with Crippen molar-refractivity contribution in [1.82, 2.24) is 14.5 Å². The first-order chi connectivity index (χ1) is 12.4. The van der Waals surface area contributed by atoms with E-state index in [1.54, 1.807) is 30.3 Å². The van der Waals surface area contributed by atoms with Gasteiger partial charge in [0.15, 0.2) is 0 Å². The third-order valence-electron chi connectivity index (χ3n) is 5.34. The van der Waals surface area contributed by atoms with Gasteiger partial charge in [-0.05, 0) is 51.0 Å². The lowest BCUT2D eigenvalue weighted by molar-refractivity contribution is 0.0956. The van der Waals surface area contributed by atoms with Crippen molar-refractivity contribution in [2.45, 2.75) is 62.6 Å². The van der Waals surface area contributed by atoms with Gasteiger partial charge >= 0.3 is 0 Å². The lowest BCUT2D eigenvalue weighted by atomic mass is 10.0. The summed E-state index contributed by atoms with van der Waals surface area (Å²) in [5.74, 6) is 0.775. The molecule has 1 aromatic heterocycles. The topological polar surface area (TPSA) is 75.3 Å². The maximum atomic E-state index is 13.3. The zero-order valence-corrected chi connectivity index (χ0v) is 16.3. The second kappa shape index (κ2) is 6.55. The minimum absolute atomic E-state index is 0.0201. The molecule has 0 radical (unpaired) electrons. The summed E-state index contributed by atoms with van der Waals surface area (Å²) in [6.07, 6.45) is 3.18. The fraction of sp³-hybridized carbons (Fsp3) is 0.500. The Morgan fingerprint density at radius 1 is 1.15 bits per heavy atom. The van der Waals surface area contributed by atoms with Gasteiger partial charge < -0.3 is 4.74 Å². The molecule has 0 aliphatic carbocycles. The minimum Gasteiger partial charge on any atom is -0.490 e. The molecule has 2 fully saturated rings. The number of sulfonamides is 1. The predicted molar refractivity (Wildman–Crippen MR) is 99.0 cm³/mol. The molecule has 2 aliphatic heterocycles. The molecule has 2 aromatic rings. The number of aromatic amines is 1. The lowest BCUT2D eigenvalue weighted by Crippen LogP contribution is -2.49. The first-order valence-corrected chi connectivity index (χ1v) is 10.7. The quantitative estimate of drug-likeness (QED) is 0.860. The number of hydrogen-bond acceptors (Lipinski definition) is 4. The molecular formula is C18H22ClN3O3S. The van der Waals surface area contributed by atoms with E-state index in [0.29, 0.717) is 34.1 Å². The molecule has 26 heavy (non-hydrogen) atoms. The van der Waals surface area contributed by atoms with Crippen LogP contribution in [0.15, 0.2) is 29.2 Å². The summed E-state index contributed by atoms with van der Waals surface area (Å²) in [6.45, 7) is 3.49. The zero-order chi connectivity index (χ0) is 18.5. The SMILES string of the molecule is Cc1n[nH]c(C)c1S(=O)(=O)N1[C@@H]2CC[C@H]1C[C@@H](Oc1ccc(Cl)cc1)C2. The van der Waals surface area contributed by atoms with Gasteiger partial charge in [-0.2, -0.15) is 9.40 Å². The van der Waals surface area contributed by atoms with E-state index in [4.69, 9.17) is 16.3 Å². The molecule has 3 heterocycles. The van der Waals surface area contributed by atoms with Crippen molar-refractivity contribution in [3.8, 4) is 5.75 Å². The van der Waals surface area contributed by atoms with Crippen LogP contribution in [0.3, 0.4) is 0 Å². The molecule has 0 amide bonds. The van der Waals surface area contributed by atoms with Crippen molar-refractivity contribution in [3.63, 3.8) is 0 Å². The molecule has 1 N–H and O–H groups in total. The fourth-order valence-electron chi connectivity index (χ4n) is 4.30. The van der Waals surface area contributed by atoms with Gasteiger partial charge in [0.1, 0.15) is 16.7 Å². The Hall–Kier alpha value is -1.57. The summed E-state index contributed by atoms with van der Waals surface area (Å²) in [6, 6.07) is 7.26. The Morgan fingerprint density at radius 3 is 2.31 bits per heavy atom. The van der Waals surface area contributed by atoms with E-state index in [-0.39, 0.29) is 18.2 Å². The smallest absolute Gasteiger partial charge is 0.247 e. The number of nitrogens with zero attached hydrogens (tertiary/aromatic N) is 2. The molecule has 1 aromatic carbocycles. The molecule has 2 saturated heterocycles. The van der Waals surface area contributed by atoms with Crippen molar-refractivity contribution in [3.05, 3.63) is 40.7 Å². The van der Waals surface area contributed by atoms with Crippen LogP contribution in [0.25, 0.3) is 0 Å². The summed E-state index contributed by atoms with van der Waals surface area (Å²) >= 11 is 5.92. The second-order valence-corrected chi connectivity index (χ2v) is 9.36. The van der Waals surface area contributed by atoms with E-state index in [1.807, 2.05) is 12.1 Å². The van der Waals surface area contributed by atoms with Crippen molar-refractivity contribution < 1.29 is 13.2 Å². The predicted octanol–water partition coefficient (Wildman–Crippen LogP) is 3.44. The molecular weight excluding hydrogens is 374 g/mol. The first-order valence-electron chi connectivity index (χ1n) is 8.83. The summed E-state index contributed by atoms with van der Waals surface area (Å²) in [5.41, 5.74) is 1.13. The molecule has 0 saturated carbocycles. The normalized spacial score (nSPS) is 26.2. The molecule has 6 nitrogen and oxygen atoms in total. The van der Waals surface area contributed by atoms with Crippen LogP contribution in [-0.2, 0) is 10.0 Å². The van der Waals surface area contributed by atoms with Crippen LogP contribution in [0.5, 0.6) is 5.75 Å². The number of halogens is 1. The molecule has 8 heteroatoms. The average Bonchev–Trinajstić information content (AvgIpc) is 3.07. The van der Waals surface area contributed by atoms with E-state index < -0.39 is 10.0 Å². The fourth-order valence-corrected chi connectivity index (χ4v) is 6.66. The van der Waals surface area contributed by atoms with Crippen molar-refractivity contribution in [2.24, 2.45) is 0 Å². The van der Waals surface area contributed by atoms with E-state index >= 15 is 0 Å². The van der Waals surface area contributed by atoms with Crippen molar-refractivity contribution in [1.29, 1.82) is 0 Å². The number of H-pyrrole nitrogens is 1. The number of fused-ring (bicyclic) bond motifs is 2. The summed E-state index contributed by atoms with van der Waals surface area (Å²) in [4.78, 5) is 0.325. The van der Waals surface area contributed by atoms with Crippen LogP contribution < -0.4 is 4.74 Å². The Labute approximate surface area is 158 Å². The summed E-state index contributed by atoms with van der Waals surface area (Å²) in [7, 11) is -3.55. The Balaban J connectivity index is 1.55. The number of hydrogen-bond donors (Lipinski definition) is 1. The van der Waals surface area contributed by atoms with Gasteiger partial charge in [0, 0.05) is 29.9 Å². The van der Waals surface area contributed by atoms with Crippen LogP contribution in [0.1, 0.15) is 37.1 Å². The minimum atomic E-state index is -3.55. The van der Waals surface area contributed by atoms with E-state index in [2.05, 4.69) is 10.2 Å². The van der Waals surface area contributed by atoms with Gasteiger partial charge in [-0.1, -0.05) is 11.6 Å². The van der Waals surface area contributed by atoms with Gasteiger partial charge in [0.2, 0.25) is 10.0 Å². The van der Waals surface area contributed by atoms with Gasteiger partial charge in [-0.15, -0.1) is 0 Å². The van der Waals surface area contributed by atoms with Crippen LogP contribution in [0, 0.1) is 13.8 Å². The molecule has 140 valence electrons. The van der Waals surface area contributed by atoms with Crippen molar-refractivity contribution in [2.75, 3.05) is 0 Å². The summed E-state index contributed by atoms with van der Waals surface area (Å²) < 4.78 is 34.3. The highest BCUT2D eigenvalue weighted by Gasteiger charge is 2.48. The lowest BCUT2D eigenvalue weighted by Gasteiger charge is -2.37. The number of benzene rings is 1. The second-order valence-electron chi connectivity index (χ2n) is 7.15. The number of ether oxygens (including phenoxy) is 1. The van der Waals surface area contributed by atoms with E-state index in [9.17, 15) is 8.42 Å². The van der Waals surface area contributed by atoms with Gasteiger partial charge in [-0.3, -0.25) is 5.10 Å². The Bertz CT molecular complexity index is 877. The molecule has 3 atom stereocenters. The van der Waals surface area contributed by atoms with E-state index in [1.165, 1.54) is 0 Å². The number of aryl methyl sites for hydroxylation is 2. The highest BCUT2D eigenvalue weighted by molar-refractivity contribution is 7.89. The Morgan fingerprint density at radius 2 is 1.77 bits per heavy atom. The Kier molecular flexibility index (Phi) is 4.49.